The van der Waals surface area contributed by atoms with Gasteiger partial charge in [0.05, 0.1) is 5.56 Å². The van der Waals surface area contributed by atoms with Gasteiger partial charge in [0.2, 0.25) is 0 Å². The van der Waals surface area contributed by atoms with E-state index >= 15 is 0 Å². The lowest BCUT2D eigenvalue weighted by atomic mass is 9.84. The summed E-state index contributed by atoms with van der Waals surface area (Å²) in [5.41, 5.74) is 2.23. The third kappa shape index (κ3) is 2.38. The molecule has 0 aliphatic carbocycles. The number of phenols is 1. The summed E-state index contributed by atoms with van der Waals surface area (Å²) in [4.78, 5) is 11.3. The molecule has 0 spiro atoms. The van der Waals surface area contributed by atoms with Crippen LogP contribution in [0.2, 0.25) is 0 Å². The van der Waals surface area contributed by atoms with Crippen LogP contribution in [0.1, 0.15) is 49.2 Å². The molecular weight excluding hydrogens is 188 g/mol. The second-order valence-electron chi connectivity index (χ2n) is 5.00. The SMILES string of the molecule is CC(=O)c1cc(C(C)(C)C)cc(C)c1O. The van der Waals surface area contributed by atoms with E-state index in [0.717, 1.165) is 11.1 Å². The van der Waals surface area contributed by atoms with Crippen LogP contribution in [0.5, 0.6) is 5.75 Å². The lowest BCUT2D eigenvalue weighted by Gasteiger charge is -2.21. The molecule has 1 rings (SSSR count). The smallest absolute Gasteiger partial charge is 0.163 e. The maximum absolute atomic E-state index is 11.3. The van der Waals surface area contributed by atoms with Crippen LogP contribution in [0, 0.1) is 6.92 Å². The quantitative estimate of drug-likeness (QED) is 0.716. The minimum absolute atomic E-state index is 0.0112. The Hall–Kier alpha value is -1.31. The summed E-state index contributed by atoms with van der Waals surface area (Å²) in [7, 11) is 0. The zero-order valence-corrected chi connectivity index (χ0v) is 10.0. The molecule has 0 heterocycles. The van der Waals surface area contributed by atoms with Crippen LogP contribution in [0.15, 0.2) is 12.1 Å². The summed E-state index contributed by atoms with van der Waals surface area (Å²) in [6.45, 7) is 9.55. The average Bonchev–Trinajstić information content (AvgIpc) is 2.06. The molecule has 0 aliphatic heterocycles. The maximum Gasteiger partial charge on any atom is 0.163 e. The second kappa shape index (κ2) is 3.69. The Balaban J connectivity index is 3.43. The molecule has 0 saturated heterocycles. The van der Waals surface area contributed by atoms with E-state index in [9.17, 15) is 9.90 Å². The number of benzene rings is 1. The first-order chi connectivity index (χ1) is 6.73. The van der Waals surface area contributed by atoms with Gasteiger partial charge in [0.15, 0.2) is 5.78 Å². The molecule has 1 aromatic carbocycles. The molecule has 0 fully saturated rings. The third-order valence-electron chi connectivity index (χ3n) is 2.55. The molecule has 0 unspecified atom stereocenters. The maximum atomic E-state index is 11.3. The van der Waals surface area contributed by atoms with Crippen LogP contribution in [0.25, 0.3) is 0 Å². The molecule has 0 aromatic heterocycles. The summed E-state index contributed by atoms with van der Waals surface area (Å²) >= 11 is 0. The van der Waals surface area contributed by atoms with Crippen LogP contribution in [-0.2, 0) is 5.41 Å². The van der Waals surface area contributed by atoms with Crippen molar-refractivity contribution in [2.75, 3.05) is 0 Å². The average molecular weight is 206 g/mol. The van der Waals surface area contributed by atoms with Crippen LogP contribution in [0.4, 0.5) is 0 Å². The van der Waals surface area contributed by atoms with E-state index < -0.39 is 0 Å². The Morgan fingerprint density at radius 2 is 1.80 bits per heavy atom. The predicted molar refractivity (Wildman–Crippen MR) is 61.5 cm³/mol. The van der Waals surface area contributed by atoms with Gasteiger partial charge in [0.1, 0.15) is 5.75 Å². The van der Waals surface area contributed by atoms with Crippen LogP contribution < -0.4 is 0 Å². The normalized spacial score (nSPS) is 11.5. The number of aryl methyl sites for hydroxylation is 1. The monoisotopic (exact) mass is 206 g/mol. The van der Waals surface area contributed by atoms with Crippen molar-refractivity contribution < 1.29 is 9.90 Å². The Bertz CT molecular complexity index is 398. The Labute approximate surface area is 90.9 Å². The lowest BCUT2D eigenvalue weighted by Crippen LogP contribution is -2.12. The minimum atomic E-state index is -0.0956. The fourth-order valence-corrected chi connectivity index (χ4v) is 1.48. The zero-order chi connectivity index (χ0) is 11.8. The van der Waals surface area contributed by atoms with Gasteiger partial charge in [-0.05, 0) is 36.5 Å². The molecule has 1 N–H and O–H groups in total. The Morgan fingerprint density at radius 3 is 2.20 bits per heavy atom. The lowest BCUT2D eigenvalue weighted by molar-refractivity contribution is 0.101. The van der Waals surface area contributed by atoms with Crippen LogP contribution >= 0.6 is 0 Å². The summed E-state index contributed by atoms with van der Waals surface area (Å²) in [5, 5.41) is 9.74. The zero-order valence-electron chi connectivity index (χ0n) is 10.0. The highest BCUT2D eigenvalue weighted by Crippen LogP contribution is 2.30. The van der Waals surface area contributed by atoms with Crippen LogP contribution in [-0.4, -0.2) is 10.9 Å². The summed E-state index contributed by atoms with van der Waals surface area (Å²) in [6, 6.07) is 3.71. The van der Waals surface area contributed by atoms with Crippen molar-refractivity contribution in [3.8, 4) is 5.75 Å². The minimum Gasteiger partial charge on any atom is -0.507 e. The van der Waals surface area contributed by atoms with Crippen molar-refractivity contribution >= 4 is 5.78 Å². The fraction of sp³-hybridized carbons (Fsp3) is 0.462. The molecule has 1 aromatic rings. The largest absolute Gasteiger partial charge is 0.507 e. The molecule has 0 amide bonds. The van der Waals surface area contributed by atoms with Crippen molar-refractivity contribution in [3.63, 3.8) is 0 Å². The number of carbonyl (C=O) groups is 1. The van der Waals surface area contributed by atoms with Gasteiger partial charge in [-0.15, -0.1) is 0 Å². The fourth-order valence-electron chi connectivity index (χ4n) is 1.48. The van der Waals surface area contributed by atoms with Gasteiger partial charge in [0.25, 0.3) is 0 Å². The summed E-state index contributed by atoms with van der Waals surface area (Å²) < 4.78 is 0. The van der Waals surface area contributed by atoms with Gasteiger partial charge in [-0.3, -0.25) is 4.79 Å². The van der Waals surface area contributed by atoms with Gasteiger partial charge in [-0.25, -0.2) is 0 Å². The Kier molecular flexibility index (Phi) is 2.89. The number of aromatic hydroxyl groups is 1. The van der Waals surface area contributed by atoms with E-state index in [1.807, 2.05) is 13.0 Å². The molecule has 2 nitrogen and oxygen atoms in total. The Morgan fingerprint density at radius 1 is 1.27 bits per heavy atom. The molecular formula is C13H18O2. The number of carbonyl (C=O) groups excluding carboxylic acids is 1. The molecule has 0 atom stereocenters. The number of hydrogen-bond acceptors (Lipinski definition) is 2. The van der Waals surface area contributed by atoms with Crippen molar-refractivity contribution in [3.05, 3.63) is 28.8 Å². The first-order valence-corrected chi connectivity index (χ1v) is 5.08. The van der Waals surface area contributed by atoms with Crippen molar-refractivity contribution in [1.29, 1.82) is 0 Å². The van der Waals surface area contributed by atoms with Crippen molar-refractivity contribution in [2.45, 2.75) is 40.0 Å². The number of Topliss-reactive ketones (excluding diaryl/α,β-unsaturated/α-hetero) is 1. The first kappa shape index (κ1) is 11.8. The topological polar surface area (TPSA) is 37.3 Å². The third-order valence-corrected chi connectivity index (χ3v) is 2.55. The number of ketones is 1. The highest BCUT2D eigenvalue weighted by atomic mass is 16.3. The van der Waals surface area contributed by atoms with E-state index in [-0.39, 0.29) is 16.9 Å². The molecule has 2 heteroatoms. The van der Waals surface area contributed by atoms with Crippen molar-refractivity contribution in [1.82, 2.24) is 0 Å². The van der Waals surface area contributed by atoms with Crippen LogP contribution in [0.3, 0.4) is 0 Å². The molecule has 0 radical (unpaired) electrons. The van der Waals surface area contributed by atoms with E-state index in [0.29, 0.717) is 5.56 Å². The predicted octanol–water partition coefficient (Wildman–Crippen LogP) is 3.20. The molecule has 15 heavy (non-hydrogen) atoms. The summed E-state index contributed by atoms with van der Waals surface area (Å²) in [6.07, 6.45) is 0. The van der Waals surface area contributed by atoms with Gasteiger partial charge in [-0.2, -0.15) is 0 Å². The number of phenolic OH excluding ortho intramolecular Hbond substituents is 1. The van der Waals surface area contributed by atoms with Gasteiger partial charge in [0, 0.05) is 0 Å². The highest BCUT2D eigenvalue weighted by Gasteiger charge is 2.18. The number of rotatable bonds is 1. The van der Waals surface area contributed by atoms with Gasteiger partial charge < -0.3 is 5.11 Å². The molecule has 0 saturated carbocycles. The second-order valence-corrected chi connectivity index (χ2v) is 5.00. The molecule has 0 aliphatic rings. The van der Waals surface area contributed by atoms with Gasteiger partial charge in [-0.1, -0.05) is 26.8 Å². The molecule has 0 bridgehead atoms. The first-order valence-electron chi connectivity index (χ1n) is 5.08. The van der Waals surface area contributed by atoms with E-state index in [2.05, 4.69) is 20.8 Å². The van der Waals surface area contributed by atoms with Crippen molar-refractivity contribution in [2.24, 2.45) is 0 Å². The highest BCUT2D eigenvalue weighted by molar-refractivity contribution is 5.97. The number of hydrogen-bond donors (Lipinski definition) is 1. The molecule has 82 valence electrons. The van der Waals surface area contributed by atoms with Gasteiger partial charge >= 0.3 is 0 Å². The van der Waals surface area contributed by atoms with E-state index in [1.165, 1.54) is 6.92 Å². The van der Waals surface area contributed by atoms with E-state index in [4.69, 9.17) is 0 Å². The summed E-state index contributed by atoms with van der Waals surface area (Å²) in [5.74, 6) is 0.0113. The standard InChI is InChI=1S/C13H18O2/c1-8-6-10(13(3,4)5)7-11(9(2)14)12(8)15/h6-7,15H,1-5H3. The van der Waals surface area contributed by atoms with E-state index in [1.54, 1.807) is 6.07 Å².